The molecule has 0 N–H and O–H groups in total. The number of nitrogens with zero attached hydrogens (tertiary/aromatic N) is 2. The molecule has 1 aromatic rings. The lowest BCUT2D eigenvalue weighted by Crippen LogP contribution is -2.40. The Morgan fingerprint density at radius 1 is 1.44 bits per heavy atom. The second-order valence-corrected chi connectivity index (χ2v) is 5.41. The third-order valence-corrected chi connectivity index (χ3v) is 3.63. The number of rotatable bonds is 5. The molecule has 0 atom stereocenters. The summed E-state index contributed by atoms with van der Waals surface area (Å²) in [5.74, 6) is 0. The van der Waals surface area contributed by atoms with Gasteiger partial charge < -0.3 is 0 Å². The summed E-state index contributed by atoms with van der Waals surface area (Å²) < 4.78 is 0. The van der Waals surface area contributed by atoms with Crippen molar-refractivity contribution < 1.29 is 0 Å². The van der Waals surface area contributed by atoms with E-state index in [1.807, 2.05) is 12.4 Å². The van der Waals surface area contributed by atoms with E-state index in [9.17, 15) is 0 Å². The van der Waals surface area contributed by atoms with E-state index in [-0.39, 0.29) is 0 Å². The molecule has 1 aliphatic rings. The van der Waals surface area contributed by atoms with Crippen molar-refractivity contribution in [3.05, 3.63) is 29.6 Å². The summed E-state index contributed by atoms with van der Waals surface area (Å²) in [5, 5.41) is 1.06. The van der Waals surface area contributed by atoms with E-state index in [4.69, 9.17) is 0 Å². The predicted octanol–water partition coefficient (Wildman–Crippen LogP) is 3.14. The van der Waals surface area contributed by atoms with Crippen LogP contribution >= 0.6 is 15.9 Å². The molecule has 1 heterocycles. The van der Waals surface area contributed by atoms with Crippen LogP contribution < -0.4 is 0 Å². The maximum Gasteiger partial charge on any atom is 0.0313 e. The molecule has 0 amide bonds. The molecule has 88 valence electrons. The zero-order chi connectivity index (χ0) is 11.4. The summed E-state index contributed by atoms with van der Waals surface area (Å²) in [4.78, 5) is 6.84. The zero-order valence-electron chi connectivity index (χ0n) is 9.82. The van der Waals surface area contributed by atoms with Crippen molar-refractivity contribution in [2.75, 3.05) is 11.9 Å². The molecule has 2 nitrogen and oxygen atoms in total. The SMILES string of the molecule is Cc1cncc(CN(CCBr)C2CCC2)c1. The van der Waals surface area contributed by atoms with Crippen LogP contribution in [0.1, 0.15) is 30.4 Å². The molecule has 0 spiro atoms. The monoisotopic (exact) mass is 282 g/mol. The Morgan fingerprint density at radius 3 is 2.81 bits per heavy atom. The van der Waals surface area contributed by atoms with E-state index in [0.717, 1.165) is 24.5 Å². The van der Waals surface area contributed by atoms with Crippen molar-refractivity contribution in [1.82, 2.24) is 9.88 Å². The van der Waals surface area contributed by atoms with Crippen LogP contribution in [-0.2, 0) is 6.54 Å². The van der Waals surface area contributed by atoms with Gasteiger partial charge in [0.2, 0.25) is 0 Å². The molecule has 0 aliphatic heterocycles. The Balaban J connectivity index is 1.98. The first-order valence-electron chi connectivity index (χ1n) is 6.00. The van der Waals surface area contributed by atoms with Crippen molar-refractivity contribution in [3.63, 3.8) is 0 Å². The fourth-order valence-electron chi connectivity index (χ4n) is 2.19. The van der Waals surface area contributed by atoms with Crippen molar-refractivity contribution in [1.29, 1.82) is 0 Å². The Hall–Kier alpha value is -0.410. The molecule has 0 radical (unpaired) electrons. The highest BCUT2D eigenvalue weighted by Crippen LogP contribution is 2.26. The number of hydrogen-bond acceptors (Lipinski definition) is 2. The Bertz CT molecular complexity index is 336. The quantitative estimate of drug-likeness (QED) is 0.772. The normalized spacial score (nSPS) is 16.4. The molecular weight excluding hydrogens is 264 g/mol. The van der Waals surface area contributed by atoms with E-state index < -0.39 is 0 Å². The molecule has 0 bridgehead atoms. The highest BCUT2D eigenvalue weighted by Gasteiger charge is 2.24. The van der Waals surface area contributed by atoms with Gasteiger partial charge in [-0.2, -0.15) is 0 Å². The topological polar surface area (TPSA) is 16.1 Å². The zero-order valence-corrected chi connectivity index (χ0v) is 11.4. The molecule has 1 saturated carbocycles. The van der Waals surface area contributed by atoms with E-state index in [1.165, 1.54) is 30.4 Å². The summed E-state index contributed by atoms with van der Waals surface area (Å²) in [6, 6.07) is 3.05. The molecule has 1 aromatic heterocycles. The molecule has 0 unspecified atom stereocenters. The minimum absolute atomic E-state index is 0.804. The molecule has 1 fully saturated rings. The highest BCUT2D eigenvalue weighted by atomic mass is 79.9. The average molecular weight is 283 g/mol. The van der Waals surface area contributed by atoms with Crippen LogP contribution in [0.15, 0.2) is 18.5 Å². The maximum atomic E-state index is 4.26. The Kier molecular flexibility index (Phi) is 4.36. The van der Waals surface area contributed by atoms with Gasteiger partial charge in [0.05, 0.1) is 0 Å². The average Bonchev–Trinajstić information content (AvgIpc) is 2.15. The molecule has 0 saturated heterocycles. The van der Waals surface area contributed by atoms with Crippen LogP contribution in [0.4, 0.5) is 0 Å². The standard InChI is InChI=1S/C13H19BrN2/c1-11-7-12(9-15-8-11)10-16(6-5-14)13-3-2-4-13/h7-9,13H,2-6,10H2,1H3. The lowest BCUT2D eigenvalue weighted by atomic mass is 9.91. The predicted molar refractivity (Wildman–Crippen MR) is 70.8 cm³/mol. The third kappa shape index (κ3) is 3.05. The third-order valence-electron chi connectivity index (χ3n) is 3.28. The van der Waals surface area contributed by atoms with Crippen LogP contribution in [0, 0.1) is 6.92 Å². The number of hydrogen-bond donors (Lipinski definition) is 0. The molecule has 2 rings (SSSR count). The molecule has 1 aliphatic carbocycles. The van der Waals surface area contributed by atoms with Gasteiger partial charge in [0.15, 0.2) is 0 Å². The van der Waals surface area contributed by atoms with Gasteiger partial charge in [-0.1, -0.05) is 28.4 Å². The summed E-state index contributed by atoms with van der Waals surface area (Å²) in [6.45, 7) is 4.29. The number of alkyl halides is 1. The van der Waals surface area contributed by atoms with E-state index in [2.05, 4.69) is 38.8 Å². The largest absolute Gasteiger partial charge is 0.295 e. The number of halogens is 1. The molecule has 0 aromatic carbocycles. The van der Waals surface area contributed by atoms with Gasteiger partial charge in [0.25, 0.3) is 0 Å². The van der Waals surface area contributed by atoms with Crippen LogP contribution in [0.5, 0.6) is 0 Å². The van der Waals surface area contributed by atoms with Crippen molar-refractivity contribution in [2.24, 2.45) is 0 Å². The van der Waals surface area contributed by atoms with Crippen molar-refractivity contribution in [3.8, 4) is 0 Å². The fourth-order valence-corrected chi connectivity index (χ4v) is 2.65. The second-order valence-electron chi connectivity index (χ2n) is 4.61. The van der Waals surface area contributed by atoms with Gasteiger partial charge in [-0.05, 0) is 30.9 Å². The van der Waals surface area contributed by atoms with Crippen LogP contribution in [0.25, 0.3) is 0 Å². The first-order chi connectivity index (χ1) is 7.79. The minimum Gasteiger partial charge on any atom is -0.295 e. The fraction of sp³-hybridized carbons (Fsp3) is 0.615. The summed E-state index contributed by atoms with van der Waals surface area (Å²) in [5.41, 5.74) is 2.60. The first kappa shape index (κ1) is 12.1. The van der Waals surface area contributed by atoms with Crippen LogP contribution in [0.3, 0.4) is 0 Å². The van der Waals surface area contributed by atoms with E-state index in [1.54, 1.807) is 0 Å². The van der Waals surface area contributed by atoms with Crippen LogP contribution in [0.2, 0.25) is 0 Å². The lowest BCUT2D eigenvalue weighted by Gasteiger charge is -2.37. The Morgan fingerprint density at radius 2 is 2.25 bits per heavy atom. The van der Waals surface area contributed by atoms with Crippen molar-refractivity contribution >= 4 is 15.9 Å². The van der Waals surface area contributed by atoms with Gasteiger partial charge >= 0.3 is 0 Å². The summed E-state index contributed by atoms with van der Waals surface area (Å²) in [7, 11) is 0. The number of pyridine rings is 1. The minimum atomic E-state index is 0.804. The smallest absolute Gasteiger partial charge is 0.0313 e. The molecule has 3 heteroatoms. The van der Waals surface area contributed by atoms with Gasteiger partial charge in [-0.3, -0.25) is 9.88 Å². The van der Waals surface area contributed by atoms with Gasteiger partial charge in [0, 0.05) is 36.9 Å². The van der Waals surface area contributed by atoms with E-state index >= 15 is 0 Å². The summed E-state index contributed by atoms with van der Waals surface area (Å²) >= 11 is 3.54. The van der Waals surface area contributed by atoms with Gasteiger partial charge in [-0.15, -0.1) is 0 Å². The first-order valence-corrected chi connectivity index (χ1v) is 7.12. The summed E-state index contributed by atoms with van der Waals surface area (Å²) in [6.07, 6.45) is 8.04. The van der Waals surface area contributed by atoms with Gasteiger partial charge in [-0.25, -0.2) is 0 Å². The molecule has 16 heavy (non-hydrogen) atoms. The number of aromatic nitrogens is 1. The maximum absolute atomic E-state index is 4.26. The highest BCUT2D eigenvalue weighted by molar-refractivity contribution is 9.09. The Labute approximate surface area is 106 Å². The van der Waals surface area contributed by atoms with E-state index in [0.29, 0.717) is 0 Å². The van der Waals surface area contributed by atoms with Crippen LogP contribution in [-0.4, -0.2) is 27.8 Å². The van der Waals surface area contributed by atoms with Gasteiger partial charge in [0.1, 0.15) is 0 Å². The second kappa shape index (κ2) is 5.78. The molecular formula is C13H19BrN2. The van der Waals surface area contributed by atoms with Crippen molar-refractivity contribution in [2.45, 2.75) is 38.8 Å². The number of aryl methyl sites for hydroxylation is 1. The lowest BCUT2D eigenvalue weighted by molar-refractivity contribution is 0.128.